The van der Waals surface area contributed by atoms with Gasteiger partial charge < -0.3 is 15.1 Å². The second-order valence-corrected chi connectivity index (χ2v) is 4.65. The Balaban J connectivity index is 2.39. The largest absolute Gasteiger partial charge is 0.507 e. The standard InChI is InChI=1S/C13H19NO2/c1-9(15)8-10-5-6-12-11(13(10)16)4-3-7-14(12)2/h5-6,9,15-16H,3-4,7-8H2,1-2H3. The second-order valence-electron chi connectivity index (χ2n) is 4.65. The van der Waals surface area contributed by atoms with Gasteiger partial charge in [0.25, 0.3) is 0 Å². The van der Waals surface area contributed by atoms with Crippen molar-refractivity contribution in [2.45, 2.75) is 32.3 Å². The molecule has 1 aromatic carbocycles. The van der Waals surface area contributed by atoms with Gasteiger partial charge >= 0.3 is 0 Å². The van der Waals surface area contributed by atoms with Crippen LogP contribution in [0.4, 0.5) is 5.69 Å². The topological polar surface area (TPSA) is 43.7 Å². The predicted octanol–water partition coefficient (Wildman–Crippen LogP) is 1.70. The van der Waals surface area contributed by atoms with Crippen molar-refractivity contribution in [2.24, 2.45) is 0 Å². The molecule has 0 aliphatic carbocycles. The summed E-state index contributed by atoms with van der Waals surface area (Å²) in [6.07, 6.45) is 2.11. The average Bonchev–Trinajstić information content (AvgIpc) is 2.23. The van der Waals surface area contributed by atoms with E-state index in [1.165, 1.54) is 0 Å². The van der Waals surface area contributed by atoms with E-state index in [2.05, 4.69) is 4.90 Å². The number of aliphatic hydroxyl groups is 1. The third kappa shape index (κ3) is 2.00. The number of nitrogens with zero attached hydrogens (tertiary/aromatic N) is 1. The zero-order valence-corrected chi connectivity index (χ0v) is 9.90. The molecule has 0 aromatic heterocycles. The van der Waals surface area contributed by atoms with Crippen LogP contribution in [0.1, 0.15) is 24.5 Å². The number of anilines is 1. The van der Waals surface area contributed by atoms with Crippen molar-refractivity contribution in [3.8, 4) is 5.75 Å². The molecule has 1 aliphatic heterocycles. The number of hydrogen-bond acceptors (Lipinski definition) is 3. The first kappa shape index (κ1) is 11.3. The molecule has 16 heavy (non-hydrogen) atoms. The molecule has 0 saturated carbocycles. The van der Waals surface area contributed by atoms with Crippen molar-refractivity contribution in [1.82, 2.24) is 0 Å². The second kappa shape index (κ2) is 4.34. The van der Waals surface area contributed by atoms with E-state index in [4.69, 9.17) is 0 Å². The summed E-state index contributed by atoms with van der Waals surface area (Å²) in [5.74, 6) is 0.380. The number of benzene rings is 1. The summed E-state index contributed by atoms with van der Waals surface area (Å²) in [7, 11) is 2.05. The van der Waals surface area contributed by atoms with Gasteiger partial charge in [0, 0.05) is 31.3 Å². The summed E-state index contributed by atoms with van der Waals surface area (Å²) in [4.78, 5) is 2.17. The lowest BCUT2D eigenvalue weighted by Gasteiger charge is -2.28. The molecule has 1 unspecified atom stereocenters. The fraction of sp³-hybridized carbons (Fsp3) is 0.538. The van der Waals surface area contributed by atoms with Crippen LogP contribution < -0.4 is 4.90 Å². The van der Waals surface area contributed by atoms with Crippen molar-refractivity contribution in [1.29, 1.82) is 0 Å². The van der Waals surface area contributed by atoms with Crippen LogP contribution >= 0.6 is 0 Å². The molecule has 0 spiro atoms. The van der Waals surface area contributed by atoms with Gasteiger partial charge in [-0.3, -0.25) is 0 Å². The maximum absolute atomic E-state index is 10.2. The predicted molar refractivity (Wildman–Crippen MR) is 65.1 cm³/mol. The first-order valence-corrected chi connectivity index (χ1v) is 5.82. The maximum atomic E-state index is 10.2. The highest BCUT2D eigenvalue weighted by Gasteiger charge is 2.19. The Morgan fingerprint density at radius 1 is 1.44 bits per heavy atom. The van der Waals surface area contributed by atoms with Gasteiger partial charge in [-0.05, 0) is 31.4 Å². The fourth-order valence-corrected chi connectivity index (χ4v) is 2.37. The van der Waals surface area contributed by atoms with Crippen LogP contribution in [0.25, 0.3) is 0 Å². The van der Waals surface area contributed by atoms with Crippen molar-refractivity contribution < 1.29 is 10.2 Å². The Morgan fingerprint density at radius 2 is 2.19 bits per heavy atom. The van der Waals surface area contributed by atoms with Crippen molar-refractivity contribution in [2.75, 3.05) is 18.5 Å². The van der Waals surface area contributed by atoms with E-state index in [1.54, 1.807) is 6.92 Å². The molecule has 0 saturated heterocycles. The molecule has 1 aliphatic rings. The van der Waals surface area contributed by atoms with Crippen LogP contribution in [-0.2, 0) is 12.8 Å². The van der Waals surface area contributed by atoms with Crippen LogP contribution in [0, 0.1) is 0 Å². The van der Waals surface area contributed by atoms with Gasteiger partial charge in [0.1, 0.15) is 5.75 Å². The fourth-order valence-electron chi connectivity index (χ4n) is 2.37. The Bertz CT molecular complexity index is 388. The summed E-state index contributed by atoms with van der Waals surface area (Å²) in [6.45, 7) is 2.78. The summed E-state index contributed by atoms with van der Waals surface area (Å²) >= 11 is 0. The van der Waals surface area contributed by atoms with E-state index in [9.17, 15) is 10.2 Å². The minimum absolute atomic E-state index is 0.380. The average molecular weight is 221 g/mol. The molecule has 2 N–H and O–H groups in total. The molecule has 1 aromatic rings. The number of rotatable bonds is 2. The first-order chi connectivity index (χ1) is 7.59. The smallest absolute Gasteiger partial charge is 0.124 e. The normalized spacial score (nSPS) is 17.1. The molecule has 88 valence electrons. The molecule has 1 atom stereocenters. The SMILES string of the molecule is CC(O)Cc1ccc2c(c1O)CCCN2C. The summed E-state index contributed by atoms with van der Waals surface area (Å²) < 4.78 is 0. The Labute approximate surface area is 96.3 Å². The highest BCUT2D eigenvalue weighted by Crippen LogP contribution is 2.35. The third-order valence-electron chi connectivity index (χ3n) is 3.19. The number of phenols is 1. The van der Waals surface area contributed by atoms with E-state index in [0.29, 0.717) is 12.2 Å². The molecular formula is C13H19NO2. The van der Waals surface area contributed by atoms with Crippen molar-refractivity contribution in [3.05, 3.63) is 23.3 Å². The number of aromatic hydroxyl groups is 1. The molecule has 0 amide bonds. The number of fused-ring (bicyclic) bond motifs is 1. The zero-order valence-electron chi connectivity index (χ0n) is 9.90. The van der Waals surface area contributed by atoms with Gasteiger partial charge in [-0.15, -0.1) is 0 Å². The van der Waals surface area contributed by atoms with Crippen LogP contribution in [0.3, 0.4) is 0 Å². The molecule has 2 rings (SSSR count). The van der Waals surface area contributed by atoms with Gasteiger partial charge in [0.15, 0.2) is 0 Å². The van der Waals surface area contributed by atoms with Crippen LogP contribution in [0.2, 0.25) is 0 Å². The van der Waals surface area contributed by atoms with Crippen molar-refractivity contribution in [3.63, 3.8) is 0 Å². The van der Waals surface area contributed by atoms with E-state index >= 15 is 0 Å². The molecule has 0 fully saturated rings. The monoisotopic (exact) mass is 221 g/mol. The lowest BCUT2D eigenvalue weighted by molar-refractivity contribution is 0.194. The maximum Gasteiger partial charge on any atom is 0.124 e. The van der Waals surface area contributed by atoms with E-state index in [-0.39, 0.29) is 0 Å². The summed E-state index contributed by atoms with van der Waals surface area (Å²) in [5.41, 5.74) is 3.01. The highest BCUT2D eigenvalue weighted by atomic mass is 16.3. The minimum Gasteiger partial charge on any atom is -0.507 e. The van der Waals surface area contributed by atoms with E-state index in [0.717, 1.165) is 36.2 Å². The van der Waals surface area contributed by atoms with Crippen LogP contribution in [0.15, 0.2) is 12.1 Å². The van der Waals surface area contributed by atoms with Gasteiger partial charge in [-0.25, -0.2) is 0 Å². The minimum atomic E-state index is -0.412. The van der Waals surface area contributed by atoms with Crippen LogP contribution in [0.5, 0.6) is 5.75 Å². The Morgan fingerprint density at radius 3 is 2.88 bits per heavy atom. The Hall–Kier alpha value is -1.22. The molecule has 0 bridgehead atoms. The van der Waals surface area contributed by atoms with Gasteiger partial charge in [0.2, 0.25) is 0 Å². The van der Waals surface area contributed by atoms with Gasteiger partial charge in [-0.2, -0.15) is 0 Å². The number of aliphatic hydroxyl groups excluding tert-OH is 1. The zero-order chi connectivity index (χ0) is 11.7. The summed E-state index contributed by atoms with van der Waals surface area (Å²) in [5, 5.41) is 19.5. The van der Waals surface area contributed by atoms with Crippen molar-refractivity contribution >= 4 is 5.69 Å². The van der Waals surface area contributed by atoms with Gasteiger partial charge in [-0.1, -0.05) is 6.07 Å². The van der Waals surface area contributed by atoms with E-state index in [1.807, 2.05) is 19.2 Å². The third-order valence-corrected chi connectivity index (χ3v) is 3.19. The lowest BCUT2D eigenvalue weighted by Crippen LogP contribution is -2.24. The first-order valence-electron chi connectivity index (χ1n) is 5.82. The lowest BCUT2D eigenvalue weighted by atomic mass is 9.96. The highest BCUT2D eigenvalue weighted by molar-refractivity contribution is 5.62. The molecule has 0 radical (unpaired) electrons. The number of hydrogen-bond donors (Lipinski definition) is 2. The summed E-state index contributed by atoms with van der Waals surface area (Å²) in [6, 6.07) is 3.97. The van der Waals surface area contributed by atoms with E-state index < -0.39 is 6.10 Å². The quantitative estimate of drug-likeness (QED) is 0.799. The molecular weight excluding hydrogens is 202 g/mol. The molecule has 3 nitrogen and oxygen atoms in total. The Kier molecular flexibility index (Phi) is 3.06. The molecule has 3 heteroatoms. The molecule has 1 heterocycles. The van der Waals surface area contributed by atoms with Gasteiger partial charge in [0.05, 0.1) is 6.10 Å². The number of phenolic OH excluding ortho intramolecular Hbond substituents is 1. The van der Waals surface area contributed by atoms with Crippen LogP contribution in [-0.4, -0.2) is 29.9 Å².